The molecule has 3 aromatic carbocycles. The molecule has 1 spiro atoms. The van der Waals surface area contributed by atoms with Crippen molar-refractivity contribution in [2.75, 3.05) is 13.6 Å². The highest BCUT2D eigenvalue weighted by molar-refractivity contribution is 6.35. The van der Waals surface area contributed by atoms with Crippen LogP contribution in [0.3, 0.4) is 0 Å². The summed E-state index contributed by atoms with van der Waals surface area (Å²) >= 11 is 0. The van der Waals surface area contributed by atoms with Gasteiger partial charge in [0.2, 0.25) is 0 Å². The Hall–Kier alpha value is -3.55. The summed E-state index contributed by atoms with van der Waals surface area (Å²) in [5, 5.41) is 10.4. The fraction of sp³-hybridized carbons (Fsp3) is 0.222. The SMILES string of the molecule is CN1C[C@]2(c3ccccc3)[C@@H](C#N)[C@]2(c2ccccc2)C12C(=O)c1ccccc1C2=O. The minimum Gasteiger partial charge on any atom is -0.291 e. The van der Waals surface area contributed by atoms with E-state index in [4.69, 9.17) is 0 Å². The van der Waals surface area contributed by atoms with Gasteiger partial charge in [-0.1, -0.05) is 84.9 Å². The van der Waals surface area contributed by atoms with Crippen molar-refractivity contribution in [3.05, 3.63) is 107 Å². The Morgan fingerprint density at radius 2 is 1.29 bits per heavy atom. The second-order valence-corrected chi connectivity index (χ2v) is 8.84. The first-order valence-electron chi connectivity index (χ1n) is 10.5. The van der Waals surface area contributed by atoms with Gasteiger partial charge in [0, 0.05) is 23.1 Å². The number of nitriles is 1. The highest BCUT2D eigenvalue weighted by atomic mass is 16.2. The smallest absolute Gasteiger partial charge is 0.192 e. The molecular formula is C27H20N2O2. The number of piperidine rings is 1. The number of ketones is 2. The van der Waals surface area contributed by atoms with Crippen LogP contribution in [0.2, 0.25) is 0 Å². The van der Waals surface area contributed by atoms with Crippen LogP contribution in [0.1, 0.15) is 31.8 Å². The Kier molecular flexibility index (Phi) is 3.40. The molecule has 6 rings (SSSR count). The van der Waals surface area contributed by atoms with Crippen LogP contribution in [-0.2, 0) is 10.8 Å². The fourth-order valence-electron chi connectivity index (χ4n) is 6.92. The van der Waals surface area contributed by atoms with Gasteiger partial charge >= 0.3 is 0 Å². The Morgan fingerprint density at radius 1 is 0.806 bits per heavy atom. The molecule has 0 N–H and O–H groups in total. The van der Waals surface area contributed by atoms with Gasteiger partial charge in [-0.15, -0.1) is 0 Å². The van der Waals surface area contributed by atoms with Gasteiger partial charge in [-0.05, 0) is 18.2 Å². The maximum atomic E-state index is 14.1. The molecule has 1 aliphatic heterocycles. The van der Waals surface area contributed by atoms with Gasteiger partial charge in [-0.25, -0.2) is 0 Å². The first-order chi connectivity index (χ1) is 15.1. The standard InChI is InChI=1S/C27H20N2O2/c1-29-17-25(18-10-4-2-5-11-18)22(16-28)26(25,19-12-6-3-7-13-19)27(29)23(30)20-14-8-9-15-21(20)24(27)31/h2-15,22H,17H2,1H3/t22-,25+,26+/m1/s1. The third kappa shape index (κ3) is 1.70. The number of fused-ring (bicyclic) bond motifs is 3. The number of rotatable bonds is 2. The number of likely N-dealkylation sites (N-methyl/N-ethyl adjacent to an activating group) is 1. The van der Waals surface area contributed by atoms with E-state index in [1.165, 1.54) is 0 Å². The van der Waals surface area contributed by atoms with E-state index >= 15 is 0 Å². The van der Waals surface area contributed by atoms with Crippen molar-refractivity contribution in [1.29, 1.82) is 5.26 Å². The zero-order valence-electron chi connectivity index (χ0n) is 17.1. The summed E-state index contributed by atoms with van der Waals surface area (Å²) in [6.07, 6.45) is 0. The van der Waals surface area contributed by atoms with Crippen LogP contribution in [-0.4, -0.2) is 35.6 Å². The Balaban J connectivity index is 1.73. The fourth-order valence-corrected chi connectivity index (χ4v) is 6.92. The molecule has 31 heavy (non-hydrogen) atoms. The lowest BCUT2D eigenvalue weighted by Gasteiger charge is -2.38. The van der Waals surface area contributed by atoms with Crippen molar-refractivity contribution in [2.45, 2.75) is 16.4 Å². The number of Topliss-reactive ketones (excluding diaryl/α,β-unsaturated/α-hetero) is 2. The monoisotopic (exact) mass is 404 g/mol. The van der Waals surface area contributed by atoms with E-state index in [1.807, 2.05) is 72.6 Å². The van der Waals surface area contributed by atoms with Gasteiger partial charge in [0.15, 0.2) is 17.1 Å². The van der Waals surface area contributed by atoms with Crippen molar-refractivity contribution >= 4 is 11.6 Å². The van der Waals surface area contributed by atoms with E-state index in [1.54, 1.807) is 24.3 Å². The molecule has 0 radical (unpaired) electrons. The van der Waals surface area contributed by atoms with Crippen molar-refractivity contribution in [1.82, 2.24) is 4.90 Å². The lowest BCUT2D eigenvalue weighted by molar-refractivity contribution is 0.0533. The quantitative estimate of drug-likeness (QED) is 0.610. The highest BCUT2D eigenvalue weighted by Crippen LogP contribution is 2.80. The molecule has 150 valence electrons. The number of hydrogen-bond donors (Lipinski definition) is 0. The van der Waals surface area contributed by atoms with Gasteiger partial charge in [0.05, 0.1) is 17.4 Å². The number of carbonyl (C=O) groups is 2. The second-order valence-electron chi connectivity index (χ2n) is 8.84. The Bertz CT molecular complexity index is 1260. The van der Waals surface area contributed by atoms with Crippen molar-refractivity contribution in [2.24, 2.45) is 5.92 Å². The van der Waals surface area contributed by atoms with Crippen LogP contribution in [0.4, 0.5) is 0 Å². The summed E-state index contributed by atoms with van der Waals surface area (Å²) in [4.78, 5) is 30.2. The number of carbonyl (C=O) groups excluding carboxylic acids is 2. The number of benzene rings is 3. The molecule has 0 unspecified atom stereocenters. The van der Waals surface area contributed by atoms with E-state index in [0.29, 0.717) is 17.7 Å². The molecule has 2 fully saturated rings. The summed E-state index contributed by atoms with van der Waals surface area (Å²) in [5.74, 6) is -0.853. The molecule has 1 saturated heterocycles. The third-order valence-electron chi connectivity index (χ3n) is 7.90. The molecule has 0 aromatic heterocycles. The topological polar surface area (TPSA) is 61.2 Å². The first-order valence-corrected chi connectivity index (χ1v) is 10.5. The summed E-state index contributed by atoms with van der Waals surface area (Å²) in [6.45, 7) is 0.468. The molecule has 3 aromatic rings. The predicted molar refractivity (Wildman–Crippen MR) is 116 cm³/mol. The Labute approximate surface area is 180 Å². The first kappa shape index (κ1) is 18.2. The van der Waals surface area contributed by atoms with Gasteiger partial charge < -0.3 is 0 Å². The van der Waals surface area contributed by atoms with E-state index < -0.39 is 22.3 Å². The van der Waals surface area contributed by atoms with Crippen LogP contribution in [0.25, 0.3) is 0 Å². The zero-order chi connectivity index (χ0) is 21.4. The molecule has 2 aliphatic carbocycles. The van der Waals surface area contributed by atoms with Crippen LogP contribution < -0.4 is 0 Å². The summed E-state index contributed by atoms with van der Waals surface area (Å²) < 4.78 is 0. The van der Waals surface area contributed by atoms with Crippen LogP contribution >= 0.6 is 0 Å². The normalized spacial score (nSPS) is 30.1. The number of likely N-dealkylation sites (tertiary alicyclic amines) is 1. The van der Waals surface area contributed by atoms with Crippen LogP contribution in [0.15, 0.2) is 84.9 Å². The van der Waals surface area contributed by atoms with Crippen molar-refractivity contribution < 1.29 is 9.59 Å². The summed E-state index contributed by atoms with van der Waals surface area (Å²) in [7, 11) is 1.86. The lowest BCUT2D eigenvalue weighted by atomic mass is 9.69. The molecule has 4 heteroatoms. The maximum Gasteiger partial charge on any atom is 0.192 e. The van der Waals surface area contributed by atoms with E-state index in [-0.39, 0.29) is 11.6 Å². The minimum atomic E-state index is -1.42. The Morgan fingerprint density at radius 3 is 1.81 bits per heavy atom. The van der Waals surface area contributed by atoms with Crippen molar-refractivity contribution in [3.63, 3.8) is 0 Å². The van der Waals surface area contributed by atoms with E-state index in [2.05, 4.69) is 6.07 Å². The highest BCUT2D eigenvalue weighted by Gasteiger charge is 2.94. The molecule has 1 heterocycles. The van der Waals surface area contributed by atoms with Crippen LogP contribution in [0.5, 0.6) is 0 Å². The van der Waals surface area contributed by atoms with Crippen LogP contribution in [0, 0.1) is 17.2 Å². The maximum absolute atomic E-state index is 14.1. The van der Waals surface area contributed by atoms with E-state index in [9.17, 15) is 14.9 Å². The van der Waals surface area contributed by atoms with Gasteiger partial charge in [-0.2, -0.15) is 5.26 Å². The molecule has 0 amide bonds. The molecular weight excluding hydrogens is 384 g/mol. The third-order valence-corrected chi connectivity index (χ3v) is 7.90. The van der Waals surface area contributed by atoms with Gasteiger partial charge in [0.1, 0.15) is 0 Å². The molecule has 0 bridgehead atoms. The van der Waals surface area contributed by atoms with E-state index in [0.717, 1.165) is 11.1 Å². The number of nitrogens with zero attached hydrogens (tertiary/aromatic N) is 2. The average molecular weight is 404 g/mol. The predicted octanol–water partition coefficient (Wildman–Crippen LogP) is 3.78. The summed E-state index contributed by atoms with van der Waals surface area (Å²) in [5.41, 5.74) is -0.195. The molecule has 3 aliphatic rings. The summed E-state index contributed by atoms with van der Waals surface area (Å²) in [6, 6.07) is 29.2. The minimum absolute atomic E-state index is 0.185. The number of hydrogen-bond acceptors (Lipinski definition) is 4. The lowest BCUT2D eigenvalue weighted by Crippen LogP contribution is -2.60. The largest absolute Gasteiger partial charge is 0.291 e. The van der Waals surface area contributed by atoms with Gasteiger partial charge in [-0.3, -0.25) is 14.5 Å². The van der Waals surface area contributed by atoms with Gasteiger partial charge in [0.25, 0.3) is 0 Å². The zero-order valence-corrected chi connectivity index (χ0v) is 17.1. The molecule has 1 saturated carbocycles. The average Bonchev–Trinajstić information content (AvgIpc) is 3.24. The second kappa shape index (κ2) is 5.78. The molecule has 3 atom stereocenters. The van der Waals surface area contributed by atoms with Crippen molar-refractivity contribution in [3.8, 4) is 6.07 Å². The molecule has 4 nitrogen and oxygen atoms in total.